The van der Waals surface area contributed by atoms with E-state index in [1.54, 1.807) is 26.0 Å². The van der Waals surface area contributed by atoms with Crippen molar-refractivity contribution in [3.05, 3.63) is 35.4 Å². The zero-order chi connectivity index (χ0) is 37.5. The summed E-state index contributed by atoms with van der Waals surface area (Å²) in [4.78, 5) is 76.7. The molecule has 14 heteroatoms. The van der Waals surface area contributed by atoms with E-state index in [9.17, 15) is 39.0 Å². The minimum Gasteiger partial charge on any atom is -0.478 e. The highest BCUT2D eigenvalue weighted by Gasteiger charge is 2.33. The number of aromatic carboxylic acids is 1. The van der Waals surface area contributed by atoms with E-state index in [-0.39, 0.29) is 35.8 Å². The summed E-state index contributed by atoms with van der Waals surface area (Å²) in [5.74, 6) is -4.10. The second-order valence-electron chi connectivity index (χ2n) is 14.0. The van der Waals surface area contributed by atoms with Crippen LogP contribution in [0, 0.1) is 17.8 Å². The number of carbonyl (C=O) groups excluding carboxylic acids is 5. The van der Waals surface area contributed by atoms with E-state index in [0.717, 1.165) is 12.8 Å². The number of amides is 5. The summed E-state index contributed by atoms with van der Waals surface area (Å²) >= 11 is 0. The highest BCUT2D eigenvalue weighted by Crippen LogP contribution is 2.16. The predicted molar refractivity (Wildman–Crippen MR) is 187 cm³/mol. The Morgan fingerprint density at radius 1 is 0.880 bits per heavy atom. The molecule has 0 aromatic heterocycles. The molecule has 1 unspecified atom stereocenters. The predicted octanol–water partition coefficient (Wildman–Crippen LogP) is 2.03. The van der Waals surface area contributed by atoms with E-state index < -0.39 is 72.4 Å². The van der Waals surface area contributed by atoms with Crippen LogP contribution in [0.25, 0.3) is 0 Å². The maximum absolute atomic E-state index is 13.3. The largest absolute Gasteiger partial charge is 0.478 e. The minimum atomic E-state index is -1.30. The quantitative estimate of drug-likeness (QED) is 0.112. The summed E-state index contributed by atoms with van der Waals surface area (Å²) in [5, 5.41) is 34.0. The third kappa shape index (κ3) is 13.7. The molecule has 1 aromatic carbocycles. The van der Waals surface area contributed by atoms with Crippen molar-refractivity contribution in [1.82, 2.24) is 26.6 Å². The van der Waals surface area contributed by atoms with Crippen molar-refractivity contribution in [2.45, 2.75) is 130 Å². The van der Waals surface area contributed by atoms with E-state index in [0.29, 0.717) is 31.4 Å². The van der Waals surface area contributed by atoms with E-state index in [2.05, 4.69) is 26.6 Å². The number of aliphatic hydroxyl groups excluding tert-OH is 1. The van der Waals surface area contributed by atoms with Crippen LogP contribution < -0.4 is 26.6 Å². The number of hydrogen-bond donors (Lipinski definition) is 7. The van der Waals surface area contributed by atoms with Gasteiger partial charge in [0, 0.05) is 13.2 Å². The standard InChI is InChI=1S/C36H57N5O9/c1-8-22(6)31(41-33(45)28-14-9-10-15-50-28)35(47)38-23(7)32(44)39-26(16-20(2)3)27(42)18-29(43)40-30(21(4)5)34(46)37-19-24-12-11-13-25(17-24)36(48)49/h11-13,17,20-23,26-28,30-31,42H,8-10,14-16,18-19H2,1-7H3,(H,37,46)(H,38,47)(H,39,44)(H,40,43)(H,41,45)(H,48,49)/t22-,23-,26-,27-,28?,30-,31-/m0/s1. The van der Waals surface area contributed by atoms with Gasteiger partial charge in [0.1, 0.15) is 24.2 Å². The van der Waals surface area contributed by atoms with Gasteiger partial charge in [-0.1, -0.05) is 60.1 Å². The number of ether oxygens (including phenoxy) is 1. The van der Waals surface area contributed by atoms with Crippen molar-refractivity contribution in [1.29, 1.82) is 0 Å². The lowest BCUT2D eigenvalue weighted by atomic mass is 9.96. The van der Waals surface area contributed by atoms with Crippen LogP contribution in [0.5, 0.6) is 0 Å². The Morgan fingerprint density at radius 2 is 1.58 bits per heavy atom. The first kappa shape index (κ1) is 42.1. The van der Waals surface area contributed by atoms with Gasteiger partial charge in [0.25, 0.3) is 0 Å². The number of hydrogen-bond acceptors (Lipinski definition) is 8. The van der Waals surface area contributed by atoms with E-state index in [1.807, 2.05) is 27.7 Å². The lowest BCUT2D eigenvalue weighted by Crippen LogP contribution is -2.58. The number of aliphatic hydroxyl groups is 1. The zero-order valence-electron chi connectivity index (χ0n) is 30.4. The van der Waals surface area contributed by atoms with Gasteiger partial charge in [0.2, 0.25) is 29.5 Å². The smallest absolute Gasteiger partial charge is 0.335 e. The van der Waals surface area contributed by atoms with Crippen LogP contribution in [-0.2, 0) is 35.3 Å². The maximum Gasteiger partial charge on any atom is 0.335 e. The van der Waals surface area contributed by atoms with Crippen molar-refractivity contribution < 1.29 is 43.7 Å². The summed E-state index contributed by atoms with van der Waals surface area (Å²) in [6.07, 6.45) is 0.934. The first-order valence-electron chi connectivity index (χ1n) is 17.6. The van der Waals surface area contributed by atoms with Crippen LogP contribution in [0.3, 0.4) is 0 Å². The molecule has 1 heterocycles. The third-order valence-corrected chi connectivity index (χ3v) is 8.84. The van der Waals surface area contributed by atoms with Gasteiger partial charge in [0.15, 0.2) is 0 Å². The van der Waals surface area contributed by atoms with Crippen molar-refractivity contribution in [2.24, 2.45) is 17.8 Å². The van der Waals surface area contributed by atoms with Gasteiger partial charge in [-0.05, 0) is 68.1 Å². The van der Waals surface area contributed by atoms with Crippen LogP contribution in [0.2, 0.25) is 0 Å². The summed E-state index contributed by atoms with van der Waals surface area (Å²) in [6.45, 7) is 13.1. The topological polar surface area (TPSA) is 212 Å². The normalized spacial score (nSPS) is 18.2. The van der Waals surface area contributed by atoms with Crippen LogP contribution >= 0.6 is 0 Å². The van der Waals surface area contributed by atoms with Gasteiger partial charge in [-0.15, -0.1) is 0 Å². The molecule has 280 valence electrons. The second kappa shape index (κ2) is 20.6. The van der Waals surface area contributed by atoms with Gasteiger partial charge in [-0.25, -0.2) is 4.79 Å². The number of nitrogens with one attached hydrogen (secondary N) is 5. The van der Waals surface area contributed by atoms with Gasteiger partial charge in [0.05, 0.1) is 24.1 Å². The number of rotatable bonds is 19. The molecule has 1 saturated heterocycles. The molecule has 7 atom stereocenters. The highest BCUT2D eigenvalue weighted by atomic mass is 16.5. The summed E-state index contributed by atoms with van der Waals surface area (Å²) in [6, 6.07) is 2.48. The Bertz CT molecular complexity index is 1310. The summed E-state index contributed by atoms with van der Waals surface area (Å²) < 4.78 is 5.56. The molecule has 50 heavy (non-hydrogen) atoms. The summed E-state index contributed by atoms with van der Waals surface area (Å²) in [7, 11) is 0. The Morgan fingerprint density at radius 3 is 2.16 bits per heavy atom. The number of carboxylic acids is 1. The Balaban J connectivity index is 2.01. The van der Waals surface area contributed by atoms with Gasteiger partial charge in [-0.2, -0.15) is 0 Å². The molecule has 14 nitrogen and oxygen atoms in total. The molecule has 0 spiro atoms. The Kier molecular flexibility index (Phi) is 17.3. The van der Waals surface area contributed by atoms with E-state index in [4.69, 9.17) is 4.74 Å². The fourth-order valence-corrected chi connectivity index (χ4v) is 5.61. The van der Waals surface area contributed by atoms with Gasteiger partial charge < -0.3 is 41.5 Å². The molecule has 0 aliphatic carbocycles. The molecule has 7 N–H and O–H groups in total. The van der Waals surface area contributed by atoms with Crippen molar-refractivity contribution in [3.8, 4) is 0 Å². The average Bonchev–Trinajstić information content (AvgIpc) is 3.07. The second-order valence-corrected chi connectivity index (χ2v) is 14.0. The van der Waals surface area contributed by atoms with Crippen LogP contribution in [0.4, 0.5) is 0 Å². The summed E-state index contributed by atoms with van der Waals surface area (Å²) in [5.41, 5.74) is 0.665. The monoisotopic (exact) mass is 703 g/mol. The van der Waals surface area contributed by atoms with E-state index in [1.165, 1.54) is 19.1 Å². The molecule has 0 bridgehead atoms. The minimum absolute atomic E-state index is 0.0312. The highest BCUT2D eigenvalue weighted by molar-refractivity contribution is 5.93. The van der Waals surface area contributed by atoms with Crippen molar-refractivity contribution >= 4 is 35.5 Å². The maximum atomic E-state index is 13.3. The molecule has 1 aliphatic rings. The average molecular weight is 704 g/mol. The van der Waals surface area contributed by atoms with Crippen LogP contribution in [0.15, 0.2) is 24.3 Å². The first-order chi connectivity index (χ1) is 23.5. The molecule has 5 amide bonds. The Labute approximate surface area is 295 Å². The molecule has 1 fully saturated rings. The van der Waals surface area contributed by atoms with Gasteiger partial charge >= 0.3 is 5.97 Å². The third-order valence-electron chi connectivity index (χ3n) is 8.84. The molecular weight excluding hydrogens is 646 g/mol. The zero-order valence-corrected chi connectivity index (χ0v) is 30.4. The lowest BCUT2D eigenvalue weighted by molar-refractivity contribution is -0.140. The molecule has 2 rings (SSSR count). The van der Waals surface area contributed by atoms with Crippen LogP contribution in [-0.4, -0.2) is 88.7 Å². The lowest BCUT2D eigenvalue weighted by Gasteiger charge is -2.30. The number of carbonyl (C=O) groups is 6. The molecular formula is C36H57N5O9. The molecule has 0 saturated carbocycles. The number of benzene rings is 1. The van der Waals surface area contributed by atoms with E-state index >= 15 is 0 Å². The van der Waals surface area contributed by atoms with Gasteiger partial charge in [-0.3, -0.25) is 24.0 Å². The Hall–Kier alpha value is -4.04. The first-order valence-corrected chi connectivity index (χ1v) is 17.6. The molecule has 1 aromatic rings. The van der Waals surface area contributed by atoms with Crippen molar-refractivity contribution in [2.75, 3.05) is 6.61 Å². The van der Waals surface area contributed by atoms with Crippen molar-refractivity contribution in [3.63, 3.8) is 0 Å². The number of carboxylic acid groups (broad SMARTS) is 1. The molecule has 1 aliphatic heterocycles. The SMILES string of the molecule is CC[C@H](C)[C@H](NC(=O)C1CCCCO1)C(=O)N[C@@H](C)C(=O)N[C@@H](CC(C)C)[C@@H](O)CC(=O)N[C@H](C(=O)NCc1cccc(C(=O)O)c1)C(C)C. The fourth-order valence-electron chi connectivity index (χ4n) is 5.61. The fraction of sp³-hybridized carbons (Fsp3) is 0.667. The van der Waals surface area contributed by atoms with Crippen LogP contribution in [0.1, 0.15) is 103 Å². The molecule has 0 radical (unpaired) electrons.